The van der Waals surface area contributed by atoms with E-state index >= 15 is 0 Å². The number of hydrogen-bond donors (Lipinski definition) is 1. The van der Waals surface area contributed by atoms with Gasteiger partial charge in [0, 0.05) is 50.1 Å². The molecule has 0 bridgehead atoms. The fourth-order valence-corrected chi connectivity index (χ4v) is 3.86. The molecule has 0 aliphatic heterocycles. The molecule has 0 aliphatic carbocycles. The van der Waals surface area contributed by atoms with E-state index in [0.29, 0.717) is 0 Å². The zero-order valence-corrected chi connectivity index (χ0v) is 19.9. The van der Waals surface area contributed by atoms with Crippen LogP contribution in [0.4, 0.5) is 0 Å². The molecule has 0 amide bonds. The van der Waals surface area contributed by atoms with Gasteiger partial charge in [0.25, 0.3) is 0 Å². The highest BCUT2D eigenvalue weighted by Gasteiger charge is 2.12. The number of rotatable bonds is 8. The Morgan fingerprint density at radius 2 is 2.23 bits per heavy atom. The largest absolute Gasteiger partial charge is 0.375 e. The first-order valence-corrected chi connectivity index (χ1v) is 10.1. The van der Waals surface area contributed by atoms with E-state index in [2.05, 4.69) is 39.4 Å². The van der Waals surface area contributed by atoms with Crippen molar-refractivity contribution in [2.24, 2.45) is 4.99 Å². The Bertz CT molecular complexity index is 688. The van der Waals surface area contributed by atoms with Crippen LogP contribution < -0.4 is 5.32 Å². The van der Waals surface area contributed by atoms with E-state index in [1.807, 2.05) is 20.2 Å². The summed E-state index contributed by atoms with van der Waals surface area (Å²) in [6, 6.07) is 0. The van der Waals surface area contributed by atoms with Crippen LogP contribution in [0.15, 0.2) is 16.6 Å². The van der Waals surface area contributed by atoms with Gasteiger partial charge in [-0.1, -0.05) is 0 Å². The summed E-state index contributed by atoms with van der Waals surface area (Å²) in [5, 5.41) is 7.57. The predicted molar refractivity (Wildman–Crippen MR) is 121 cm³/mol. The number of aromatic nitrogens is 2. The molecule has 0 spiro atoms. The number of nitrogens with zero attached hydrogens (tertiary/aromatic N) is 4. The van der Waals surface area contributed by atoms with Crippen molar-refractivity contribution in [1.29, 1.82) is 0 Å². The van der Waals surface area contributed by atoms with Gasteiger partial charge in [-0.3, -0.25) is 4.99 Å². The molecule has 26 heavy (non-hydrogen) atoms. The highest BCUT2D eigenvalue weighted by molar-refractivity contribution is 14.0. The number of halogens is 1. The molecule has 1 unspecified atom stereocenters. The summed E-state index contributed by atoms with van der Waals surface area (Å²) in [6.45, 7) is 8.45. The molecular formula is C17H28IN5OS2. The zero-order valence-electron chi connectivity index (χ0n) is 16.0. The van der Waals surface area contributed by atoms with Gasteiger partial charge in [0.2, 0.25) is 0 Å². The van der Waals surface area contributed by atoms with Crippen molar-refractivity contribution >= 4 is 52.6 Å². The van der Waals surface area contributed by atoms with Crippen molar-refractivity contribution in [2.75, 3.05) is 27.2 Å². The maximum atomic E-state index is 5.33. The summed E-state index contributed by atoms with van der Waals surface area (Å²) < 4.78 is 5.33. The fraction of sp³-hybridized carbons (Fsp3) is 0.588. The van der Waals surface area contributed by atoms with Crippen molar-refractivity contribution in [3.63, 3.8) is 0 Å². The number of thiazole rings is 2. The Morgan fingerprint density at radius 1 is 1.46 bits per heavy atom. The Kier molecular flexibility index (Phi) is 10.6. The smallest absolute Gasteiger partial charge is 0.194 e. The molecule has 0 radical (unpaired) electrons. The lowest BCUT2D eigenvalue weighted by atomic mass is 10.4. The van der Waals surface area contributed by atoms with E-state index in [1.165, 1.54) is 4.88 Å². The molecule has 0 aliphatic rings. The van der Waals surface area contributed by atoms with Gasteiger partial charge in [0.15, 0.2) is 5.96 Å². The number of methoxy groups -OCH3 is 1. The SMILES string of the molecule is CCNC(=NCCc1ncc(C)s1)N(C)Cc1csc(C(C)OC)n1.I. The van der Waals surface area contributed by atoms with Gasteiger partial charge in [0.05, 0.1) is 17.2 Å². The van der Waals surface area contributed by atoms with E-state index in [0.717, 1.165) is 47.7 Å². The number of aliphatic imine (C=N–C) groups is 1. The summed E-state index contributed by atoms with van der Waals surface area (Å²) >= 11 is 3.37. The predicted octanol–water partition coefficient (Wildman–Crippen LogP) is 3.87. The van der Waals surface area contributed by atoms with E-state index in [9.17, 15) is 0 Å². The van der Waals surface area contributed by atoms with Crippen LogP contribution in [-0.4, -0.2) is 48.1 Å². The maximum Gasteiger partial charge on any atom is 0.194 e. The molecule has 0 fully saturated rings. The summed E-state index contributed by atoms with van der Waals surface area (Å²) in [5.74, 6) is 0.894. The molecule has 2 aromatic heterocycles. The van der Waals surface area contributed by atoms with E-state index < -0.39 is 0 Å². The van der Waals surface area contributed by atoms with Crippen LogP contribution in [0, 0.1) is 6.92 Å². The van der Waals surface area contributed by atoms with Crippen LogP contribution in [0.25, 0.3) is 0 Å². The third-order valence-electron chi connectivity index (χ3n) is 3.62. The minimum absolute atomic E-state index is 0. The first kappa shape index (κ1) is 23.3. The van der Waals surface area contributed by atoms with Gasteiger partial charge in [-0.2, -0.15) is 0 Å². The normalized spacial score (nSPS) is 12.6. The van der Waals surface area contributed by atoms with E-state index in [4.69, 9.17) is 9.73 Å². The van der Waals surface area contributed by atoms with Crippen LogP contribution >= 0.6 is 46.7 Å². The minimum Gasteiger partial charge on any atom is -0.375 e. The standard InChI is InChI=1S/C17H27N5OS2.HI/c1-6-18-17(19-8-7-15-20-9-12(2)25-15)22(4)10-14-11-24-16(21-14)13(3)23-5;/h9,11,13H,6-8,10H2,1-5H3,(H,18,19);1H. The molecule has 9 heteroatoms. The molecule has 6 nitrogen and oxygen atoms in total. The molecule has 0 saturated carbocycles. The van der Waals surface area contributed by atoms with Crippen molar-refractivity contribution in [1.82, 2.24) is 20.2 Å². The lowest BCUT2D eigenvalue weighted by molar-refractivity contribution is 0.119. The molecule has 0 saturated heterocycles. The first-order valence-electron chi connectivity index (χ1n) is 8.41. The third kappa shape index (κ3) is 7.09. The number of ether oxygens (including phenoxy) is 1. The van der Waals surface area contributed by atoms with Gasteiger partial charge >= 0.3 is 0 Å². The highest BCUT2D eigenvalue weighted by atomic mass is 127. The van der Waals surface area contributed by atoms with E-state index in [1.54, 1.807) is 29.8 Å². The number of guanidine groups is 1. The molecular weight excluding hydrogens is 481 g/mol. The summed E-state index contributed by atoms with van der Waals surface area (Å²) in [6.07, 6.45) is 2.82. The topological polar surface area (TPSA) is 62.6 Å². The molecule has 146 valence electrons. The molecule has 2 rings (SSSR count). The molecule has 1 N–H and O–H groups in total. The van der Waals surface area contributed by atoms with Gasteiger partial charge in [-0.25, -0.2) is 9.97 Å². The zero-order chi connectivity index (χ0) is 18.2. The maximum absolute atomic E-state index is 5.33. The lowest BCUT2D eigenvalue weighted by Gasteiger charge is -2.21. The number of aryl methyl sites for hydroxylation is 1. The molecule has 2 heterocycles. The number of nitrogens with one attached hydrogen (secondary N) is 1. The van der Waals surface area contributed by atoms with E-state index in [-0.39, 0.29) is 30.1 Å². The fourth-order valence-electron chi connectivity index (χ4n) is 2.24. The average Bonchev–Trinajstić information content (AvgIpc) is 3.22. The van der Waals surface area contributed by atoms with Crippen molar-refractivity contribution in [3.05, 3.63) is 32.2 Å². The quantitative estimate of drug-likeness (QED) is 0.333. The van der Waals surface area contributed by atoms with Crippen LogP contribution in [0.3, 0.4) is 0 Å². The minimum atomic E-state index is 0. The first-order chi connectivity index (χ1) is 12.0. The summed E-state index contributed by atoms with van der Waals surface area (Å²) in [4.78, 5) is 17.1. The summed E-state index contributed by atoms with van der Waals surface area (Å²) in [5.41, 5.74) is 1.03. The Hall–Kier alpha value is -0.780. The lowest BCUT2D eigenvalue weighted by Crippen LogP contribution is -2.38. The van der Waals surface area contributed by atoms with Crippen molar-refractivity contribution < 1.29 is 4.74 Å². The molecule has 1 atom stereocenters. The highest BCUT2D eigenvalue weighted by Crippen LogP contribution is 2.21. The monoisotopic (exact) mass is 509 g/mol. The van der Waals surface area contributed by atoms with Gasteiger partial charge in [-0.05, 0) is 20.8 Å². The van der Waals surface area contributed by atoms with Gasteiger partial charge in [-0.15, -0.1) is 46.7 Å². The molecule has 0 aromatic carbocycles. The average molecular weight is 509 g/mol. The third-order valence-corrected chi connectivity index (χ3v) is 5.65. The van der Waals surface area contributed by atoms with Crippen LogP contribution in [0.2, 0.25) is 0 Å². The van der Waals surface area contributed by atoms with Gasteiger partial charge < -0.3 is 15.0 Å². The van der Waals surface area contributed by atoms with Crippen LogP contribution in [0.1, 0.15) is 40.5 Å². The van der Waals surface area contributed by atoms with Crippen LogP contribution in [-0.2, 0) is 17.7 Å². The molecule has 2 aromatic rings. The Balaban J connectivity index is 0.00000338. The van der Waals surface area contributed by atoms with Crippen molar-refractivity contribution in [2.45, 2.75) is 39.8 Å². The Morgan fingerprint density at radius 3 is 2.85 bits per heavy atom. The number of hydrogen-bond acceptors (Lipinski definition) is 6. The van der Waals surface area contributed by atoms with Gasteiger partial charge in [0.1, 0.15) is 11.1 Å². The van der Waals surface area contributed by atoms with Crippen molar-refractivity contribution in [3.8, 4) is 0 Å². The Labute approximate surface area is 181 Å². The second-order valence-electron chi connectivity index (χ2n) is 5.76. The summed E-state index contributed by atoms with van der Waals surface area (Å²) in [7, 11) is 3.74. The second kappa shape index (κ2) is 11.8. The second-order valence-corrected chi connectivity index (χ2v) is 7.97. The van der Waals surface area contributed by atoms with Crippen LogP contribution in [0.5, 0.6) is 0 Å².